The van der Waals surface area contributed by atoms with E-state index in [0.717, 1.165) is 12.8 Å². The lowest BCUT2D eigenvalue weighted by Crippen LogP contribution is -2.38. The van der Waals surface area contributed by atoms with Crippen LogP contribution in [0, 0.1) is 5.92 Å². The first-order valence-electron chi connectivity index (χ1n) is 5.69. The van der Waals surface area contributed by atoms with Crippen LogP contribution in [0.15, 0.2) is 0 Å². The molecule has 3 nitrogen and oxygen atoms in total. The number of rotatable bonds is 3. The third-order valence-corrected chi connectivity index (χ3v) is 3.33. The highest BCUT2D eigenvalue weighted by molar-refractivity contribution is 5.69. The first kappa shape index (κ1) is 9.97. The van der Waals surface area contributed by atoms with E-state index in [1.165, 1.54) is 12.8 Å². The monoisotopic (exact) mass is 197 g/mol. The maximum Gasteiger partial charge on any atom is 0.306 e. The highest BCUT2D eigenvalue weighted by atomic mass is 16.5. The number of piperidine rings is 1. The number of nitrogens with one attached hydrogen (secondary N) is 1. The van der Waals surface area contributed by atoms with E-state index >= 15 is 0 Å². The smallest absolute Gasteiger partial charge is 0.306 e. The molecule has 2 aliphatic rings. The van der Waals surface area contributed by atoms with E-state index in [1.54, 1.807) is 0 Å². The normalized spacial score (nSPS) is 35.6. The molecule has 0 aliphatic carbocycles. The first-order valence-corrected chi connectivity index (χ1v) is 5.69. The maximum atomic E-state index is 11.3. The van der Waals surface area contributed by atoms with Gasteiger partial charge in [0, 0.05) is 18.5 Å². The topological polar surface area (TPSA) is 38.3 Å². The molecule has 2 unspecified atom stereocenters. The molecule has 2 heterocycles. The highest BCUT2D eigenvalue weighted by Gasteiger charge is 2.34. The Morgan fingerprint density at radius 2 is 2.00 bits per heavy atom. The van der Waals surface area contributed by atoms with Crippen LogP contribution in [0.3, 0.4) is 0 Å². The molecule has 2 fully saturated rings. The second kappa shape index (κ2) is 4.30. The first-order chi connectivity index (χ1) is 6.78. The Balaban J connectivity index is 1.79. The molecule has 0 amide bonds. The summed E-state index contributed by atoms with van der Waals surface area (Å²) >= 11 is 0. The number of carbonyl (C=O) groups is 1. The lowest BCUT2D eigenvalue weighted by molar-refractivity contribution is -0.144. The van der Waals surface area contributed by atoms with E-state index in [1.807, 2.05) is 6.92 Å². The van der Waals surface area contributed by atoms with E-state index in [9.17, 15) is 4.79 Å². The van der Waals surface area contributed by atoms with Crippen LogP contribution in [-0.2, 0) is 9.53 Å². The fraction of sp³-hybridized carbons (Fsp3) is 0.909. The molecule has 1 N–H and O–H groups in total. The molecule has 0 spiro atoms. The largest absolute Gasteiger partial charge is 0.466 e. The molecule has 3 heteroatoms. The van der Waals surface area contributed by atoms with Crippen molar-refractivity contribution in [3.05, 3.63) is 0 Å². The Kier molecular flexibility index (Phi) is 3.06. The maximum absolute atomic E-state index is 11.3. The van der Waals surface area contributed by atoms with Crippen molar-refractivity contribution < 1.29 is 9.53 Å². The van der Waals surface area contributed by atoms with Gasteiger partial charge >= 0.3 is 5.97 Å². The standard InChI is InChI=1S/C11H19NO2/c1-2-14-11(13)7-8-5-9-3-4-10(6-8)12-9/h8-10,12H,2-7H2,1H3. The van der Waals surface area contributed by atoms with Gasteiger partial charge in [0.1, 0.15) is 0 Å². The van der Waals surface area contributed by atoms with Gasteiger partial charge in [0.15, 0.2) is 0 Å². The molecule has 2 rings (SSSR count). The van der Waals surface area contributed by atoms with Crippen molar-refractivity contribution in [2.75, 3.05) is 6.61 Å². The van der Waals surface area contributed by atoms with Gasteiger partial charge < -0.3 is 10.1 Å². The second-order valence-electron chi connectivity index (χ2n) is 4.48. The van der Waals surface area contributed by atoms with E-state index in [4.69, 9.17) is 4.74 Å². The summed E-state index contributed by atoms with van der Waals surface area (Å²) in [7, 11) is 0. The van der Waals surface area contributed by atoms with Crippen molar-refractivity contribution in [2.45, 2.75) is 51.1 Å². The van der Waals surface area contributed by atoms with Crippen LogP contribution in [0.1, 0.15) is 39.0 Å². The van der Waals surface area contributed by atoms with Crippen molar-refractivity contribution in [3.63, 3.8) is 0 Å². The fourth-order valence-electron chi connectivity index (χ4n) is 2.80. The predicted molar refractivity (Wildman–Crippen MR) is 53.9 cm³/mol. The molecule has 2 aliphatic heterocycles. The summed E-state index contributed by atoms with van der Waals surface area (Å²) in [5.41, 5.74) is 0. The number of esters is 1. The molecule has 2 bridgehead atoms. The van der Waals surface area contributed by atoms with Gasteiger partial charge in [-0.25, -0.2) is 0 Å². The summed E-state index contributed by atoms with van der Waals surface area (Å²) < 4.78 is 4.98. The zero-order chi connectivity index (χ0) is 9.97. The fourth-order valence-corrected chi connectivity index (χ4v) is 2.80. The van der Waals surface area contributed by atoms with Crippen molar-refractivity contribution in [1.29, 1.82) is 0 Å². The van der Waals surface area contributed by atoms with E-state index in [-0.39, 0.29) is 5.97 Å². The minimum absolute atomic E-state index is 0.0150. The van der Waals surface area contributed by atoms with Gasteiger partial charge in [0.05, 0.1) is 6.61 Å². The summed E-state index contributed by atoms with van der Waals surface area (Å²) in [5.74, 6) is 0.548. The Hall–Kier alpha value is -0.570. The molecular weight excluding hydrogens is 178 g/mol. The molecule has 80 valence electrons. The molecule has 0 aromatic rings. The molecule has 0 radical (unpaired) electrons. The lowest BCUT2D eigenvalue weighted by Gasteiger charge is -2.28. The van der Waals surface area contributed by atoms with Crippen LogP contribution in [0.5, 0.6) is 0 Å². The third kappa shape index (κ3) is 2.27. The lowest BCUT2D eigenvalue weighted by atomic mass is 9.90. The van der Waals surface area contributed by atoms with E-state index in [2.05, 4.69) is 5.32 Å². The van der Waals surface area contributed by atoms with Crippen molar-refractivity contribution >= 4 is 5.97 Å². The van der Waals surface area contributed by atoms with Gasteiger partial charge in [0.25, 0.3) is 0 Å². The van der Waals surface area contributed by atoms with Gasteiger partial charge in [-0.3, -0.25) is 4.79 Å². The van der Waals surface area contributed by atoms with Gasteiger partial charge in [-0.05, 0) is 38.5 Å². The number of hydrogen-bond acceptors (Lipinski definition) is 3. The van der Waals surface area contributed by atoms with Gasteiger partial charge in [-0.2, -0.15) is 0 Å². The van der Waals surface area contributed by atoms with Crippen molar-refractivity contribution in [1.82, 2.24) is 5.32 Å². The van der Waals surface area contributed by atoms with Gasteiger partial charge in [0.2, 0.25) is 0 Å². The zero-order valence-electron chi connectivity index (χ0n) is 8.79. The highest BCUT2D eigenvalue weighted by Crippen LogP contribution is 2.32. The average Bonchev–Trinajstić information content (AvgIpc) is 2.46. The molecule has 2 saturated heterocycles. The average molecular weight is 197 g/mol. The summed E-state index contributed by atoms with van der Waals surface area (Å²) in [5, 5.41) is 3.57. The van der Waals surface area contributed by atoms with Crippen molar-refractivity contribution in [2.24, 2.45) is 5.92 Å². The van der Waals surface area contributed by atoms with E-state index in [0.29, 0.717) is 31.0 Å². The Morgan fingerprint density at radius 3 is 2.57 bits per heavy atom. The Bertz CT molecular complexity index is 205. The zero-order valence-corrected chi connectivity index (χ0v) is 8.79. The summed E-state index contributed by atoms with van der Waals surface area (Å²) in [6, 6.07) is 1.35. The minimum atomic E-state index is -0.0150. The predicted octanol–water partition coefficient (Wildman–Crippen LogP) is 1.47. The number of ether oxygens (including phenoxy) is 1. The quantitative estimate of drug-likeness (QED) is 0.696. The second-order valence-corrected chi connectivity index (χ2v) is 4.48. The third-order valence-electron chi connectivity index (χ3n) is 3.33. The van der Waals surface area contributed by atoms with E-state index < -0.39 is 0 Å². The van der Waals surface area contributed by atoms with Crippen molar-refractivity contribution in [3.8, 4) is 0 Å². The van der Waals surface area contributed by atoms with Crippen LogP contribution in [0.25, 0.3) is 0 Å². The number of carbonyl (C=O) groups excluding carboxylic acids is 1. The molecule has 0 aromatic carbocycles. The summed E-state index contributed by atoms with van der Waals surface area (Å²) in [6.45, 7) is 2.38. The van der Waals surface area contributed by atoms with Crippen LogP contribution >= 0.6 is 0 Å². The number of hydrogen-bond donors (Lipinski definition) is 1. The van der Waals surface area contributed by atoms with Crippen LogP contribution in [0.4, 0.5) is 0 Å². The van der Waals surface area contributed by atoms with Crippen LogP contribution < -0.4 is 5.32 Å². The van der Waals surface area contributed by atoms with Crippen LogP contribution in [-0.4, -0.2) is 24.7 Å². The summed E-state index contributed by atoms with van der Waals surface area (Å²) in [4.78, 5) is 11.3. The summed E-state index contributed by atoms with van der Waals surface area (Å²) in [6.07, 6.45) is 5.54. The Morgan fingerprint density at radius 1 is 1.36 bits per heavy atom. The molecular formula is C11H19NO2. The van der Waals surface area contributed by atoms with Gasteiger partial charge in [-0.1, -0.05) is 0 Å². The van der Waals surface area contributed by atoms with Crippen LogP contribution in [0.2, 0.25) is 0 Å². The van der Waals surface area contributed by atoms with Gasteiger partial charge in [-0.15, -0.1) is 0 Å². The molecule has 2 atom stereocenters. The molecule has 0 saturated carbocycles. The minimum Gasteiger partial charge on any atom is -0.466 e. The molecule has 14 heavy (non-hydrogen) atoms. The number of fused-ring (bicyclic) bond motifs is 2. The molecule has 0 aromatic heterocycles. The SMILES string of the molecule is CCOC(=O)CC1CC2CCC(C1)N2. The Labute approximate surface area is 85.2 Å².